The van der Waals surface area contributed by atoms with Gasteiger partial charge in [-0.3, -0.25) is 0 Å². The van der Waals surface area contributed by atoms with Crippen molar-refractivity contribution >= 4 is 40.5 Å². The van der Waals surface area contributed by atoms with Crippen LogP contribution < -0.4 is 10.1 Å². The van der Waals surface area contributed by atoms with E-state index in [1.54, 1.807) is 0 Å². The molecule has 1 N–H and O–H groups in total. The number of rotatable bonds is 6. The third kappa shape index (κ3) is 5.07. The number of ether oxygens (including phenoxy) is 1. The maximum Gasteiger partial charge on any atom is 0.156 e. The fourth-order valence-electron chi connectivity index (χ4n) is 2.46. The Hall–Kier alpha value is -1.87. The van der Waals surface area contributed by atoms with Crippen molar-refractivity contribution in [2.45, 2.75) is 20.1 Å². The van der Waals surface area contributed by atoms with Crippen molar-refractivity contribution in [2.24, 2.45) is 0 Å². The molecule has 0 saturated heterocycles. The normalized spacial score (nSPS) is 10.6. The van der Waals surface area contributed by atoms with Crippen LogP contribution in [0.15, 0.2) is 60.7 Å². The Bertz CT molecular complexity index is 854. The lowest BCUT2D eigenvalue weighted by atomic mass is 10.2. The summed E-state index contributed by atoms with van der Waals surface area (Å²) in [5.41, 5.74) is 4.25. The summed E-state index contributed by atoms with van der Waals surface area (Å²) in [5.74, 6) is 0.488. The lowest BCUT2D eigenvalue weighted by Gasteiger charge is -2.13. The van der Waals surface area contributed by atoms with E-state index in [1.807, 2.05) is 48.5 Å². The van der Waals surface area contributed by atoms with Crippen LogP contribution in [0, 0.1) is 6.92 Å². The van der Waals surface area contributed by atoms with Gasteiger partial charge < -0.3 is 10.1 Å². The van der Waals surface area contributed by atoms with Crippen LogP contribution in [0.3, 0.4) is 0 Å². The molecular formula is C21H18Cl3NO. The Labute approximate surface area is 168 Å². The maximum atomic E-state index is 6.37. The quantitative estimate of drug-likeness (QED) is 0.469. The van der Waals surface area contributed by atoms with Gasteiger partial charge in [-0.25, -0.2) is 0 Å². The summed E-state index contributed by atoms with van der Waals surface area (Å²) in [7, 11) is 0. The monoisotopic (exact) mass is 405 g/mol. The molecule has 0 bridgehead atoms. The van der Waals surface area contributed by atoms with Crippen LogP contribution in [0.2, 0.25) is 15.1 Å². The average Bonchev–Trinajstić information content (AvgIpc) is 2.62. The summed E-state index contributed by atoms with van der Waals surface area (Å²) >= 11 is 18.6. The molecule has 3 aromatic rings. The summed E-state index contributed by atoms with van der Waals surface area (Å²) < 4.78 is 5.80. The van der Waals surface area contributed by atoms with E-state index in [0.29, 0.717) is 34.0 Å². The standard InChI is InChI=1S/C21H18Cl3NO/c1-14-2-8-18(9-3-14)25-12-16-10-19(23)21(20(24)11-16)26-13-15-4-6-17(22)7-5-15/h2-11,25H,12-13H2,1H3. The Morgan fingerprint density at radius 3 is 2.04 bits per heavy atom. The Morgan fingerprint density at radius 1 is 0.808 bits per heavy atom. The van der Waals surface area contributed by atoms with Crippen LogP contribution in [-0.4, -0.2) is 0 Å². The highest BCUT2D eigenvalue weighted by molar-refractivity contribution is 6.37. The highest BCUT2D eigenvalue weighted by Gasteiger charge is 2.10. The lowest BCUT2D eigenvalue weighted by molar-refractivity contribution is 0.306. The molecule has 0 saturated carbocycles. The second-order valence-corrected chi connectivity index (χ2v) is 7.27. The number of benzene rings is 3. The molecule has 0 aliphatic rings. The van der Waals surface area contributed by atoms with Crippen LogP contribution >= 0.6 is 34.8 Å². The molecule has 0 spiro atoms. The number of hydrogen-bond acceptors (Lipinski definition) is 2. The minimum absolute atomic E-state index is 0.373. The van der Waals surface area contributed by atoms with E-state index < -0.39 is 0 Å². The number of halogens is 3. The Balaban J connectivity index is 1.65. The first-order valence-electron chi connectivity index (χ1n) is 8.17. The zero-order valence-electron chi connectivity index (χ0n) is 14.2. The Morgan fingerprint density at radius 2 is 1.42 bits per heavy atom. The van der Waals surface area contributed by atoms with Gasteiger partial charge in [0.1, 0.15) is 6.61 Å². The second-order valence-electron chi connectivity index (χ2n) is 6.02. The van der Waals surface area contributed by atoms with Crippen molar-refractivity contribution in [1.29, 1.82) is 0 Å². The van der Waals surface area contributed by atoms with E-state index in [9.17, 15) is 0 Å². The number of nitrogens with one attached hydrogen (secondary N) is 1. The van der Waals surface area contributed by atoms with Gasteiger partial charge in [-0.05, 0) is 54.4 Å². The molecular weight excluding hydrogens is 389 g/mol. The van der Waals surface area contributed by atoms with E-state index in [4.69, 9.17) is 39.5 Å². The molecule has 0 unspecified atom stereocenters. The molecule has 2 nitrogen and oxygen atoms in total. The topological polar surface area (TPSA) is 21.3 Å². The molecule has 26 heavy (non-hydrogen) atoms. The van der Waals surface area contributed by atoms with E-state index in [2.05, 4.69) is 24.4 Å². The van der Waals surface area contributed by atoms with Crippen LogP contribution in [0.5, 0.6) is 5.75 Å². The van der Waals surface area contributed by atoms with Gasteiger partial charge in [0.15, 0.2) is 5.75 Å². The van der Waals surface area contributed by atoms with Crippen LogP contribution in [0.4, 0.5) is 5.69 Å². The van der Waals surface area contributed by atoms with Gasteiger partial charge in [0.2, 0.25) is 0 Å². The summed E-state index contributed by atoms with van der Waals surface area (Å²) in [6.45, 7) is 3.06. The zero-order chi connectivity index (χ0) is 18.5. The van der Waals surface area contributed by atoms with Crippen molar-refractivity contribution in [2.75, 3.05) is 5.32 Å². The molecule has 0 aliphatic heterocycles. The lowest BCUT2D eigenvalue weighted by Crippen LogP contribution is -2.01. The first-order chi connectivity index (χ1) is 12.5. The fraction of sp³-hybridized carbons (Fsp3) is 0.143. The Kier molecular flexibility index (Phi) is 6.31. The van der Waals surface area contributed by atoms with Crippen molar-refractivity contribution in [1.82, 2.24) is 0 Å². The number of aryl methyl sites for hydroxylation is 1. The van der Waals surface area contributed by atoms with Gasteiger partial charge in [0, 0.05) is 17.3 Å². The van der Waals surface area contributed by atoms with Gasteiger partial charge in [0.05, 0.1) is 10.0 Å². The minimum Gasteiger partial charge on any atom is -0.486 e. The van der Waals surface area contributed by atoms with Gasteiger partial charge in [-0.2, -0.15) is 0 Å². The van der Waals surface area contributed by atoms with E-state index >= 15 is 0 Å². The molecule has 0 atom stereocenters. The van der Waals surface area contributed by atoms with E-state index in [-0.39, 0.29) is 0 Å². The predicted octanol–water partition coefficient (Wildman–Crippen LogP) is 7.15. The second kappa shape index (κ2) is 8.68. The fourth-order valence-corrected chi connectivity index (χ4v) is 3.23. The molecule has 0 radical (unpaired) electrons. The average molecular weight is 407 g/mol. The van der Waals surface area contributed by atoms with E-state index in [1.165, 1.54) is 5.56 Å². The van der Waals surface area contributed by atoms with Gasteiger partial charge in [-0.1, -0.05) is 64.6 Å². The van der Waals surface area contributed by atoms with Crippen LogP contribution in [0.1, 0.15) is 16.7 Å². The molecule has 0 aliphatic carbocycles. The van der Waals surface area contributed by atoms with Gasteiger partial charge in [-0.15, -0.1) is 0 Å². The molecule has 134 valence electrons. The van der Waals surface area contributed by atoms with Crippen molar-refractivity contribution in [3.63, 3.8) is 0 Å². The van der Waals surface area contributed by atoms with Crippen LogP contribution in [0.25, 0.3) is 0 Å². The first kappa shape index (κ1) is 18.9. The molecule has 3 rings (SSSR count). The smallest absolute Gasteiger partial charge is 0.156 e. The number of anilines is 1. The number of hydrogen-bond donors (Lipinski definition) is 1. The molecule has 0 fully saturated rings. The zero-order valence-corrected chi connectivity index (χ0v) is 16.5. The molecule has 0 aromatic heterocycles. The van der Waals surface area contributed by atoms with Crippen LogP contribution in [-0.2, 0) is 13.2 Å². The highest BCUT2D eigenvalue weighted by Crippen LogP contribution is 2.35. The molecule has 5 heteroatoms. The molecule has 0 amide bonds. The minimum atomic E-state index is 0.373. The van der Waals surface area contributed by atoms with Crippen molar-refractivity contribution in [3.05, 3.63) is 92.4 Å². The SMILES string of the molecule is Cc1ccc(NCc2cc(Cl)c(OCc3ccc(Cl)cc3)c(Cl)c2)cc1. The van der Waals surface area contributed by atoms with Crippen molar-refractivity contribution < 1.29 is 4.74 Å². The third-order valence-electron chi connectivity index (χ3n) is 3.90. The largest absolute Gasteiger partial charge is 0.486 e. The summed E-state index contributed by atoms with van der Waals surface area (Å²) in [6, 6.07) is 19.4. The molecule has 3 aromatic carbocycles. The molecule has 0 heterocycles. The first-order valence-corrected chi connectivity index (χ1v) is 9.30. The summed E-state index contributed by atoms with van der Waals surface area (Å²) in [6.07, 6.45) is 0. The highest BCUT2D eigenvalue weighted by atomic mass is 35.5. The third-order valence-corrected chi connectivity index (χ3v) is 4.72. The van der Waals surface area contributed by atoms with E-state index in [0.717, 1.165) is 16.8 Å². The van der Waals surface area contributed by atoms with Gasteiger partial charge in [0.25, 0.3) is 0 Å². The summed E-state index contributed by atoms with van der Waals surface area (Å²) in [4.78, 5) is 0. The van der Waals surface area contributed by atoms with Crippen molar-refractivity contribution in [3.8, 4) is 5.75 Å². The summed E-state index contributed by atoms with van der Waals surface area (Å²) in [5, 5.41) is 5.03. The predicted molar refractivity (Wildman–Crippen MR) is 111 cm³/mol. The van der Waals surface area contributed by atoms with Gasteiger partial charge >= 0.3 is 0 Å². The maximum absolute atomic E-state index is 6.37.